The molecule has 0 amide bonds. The van der Waals surface area contributed by atoms with Crippen molar-refractivity contribution in [3.8, 4) is 11.4 Å². The van der Waals surface area contributed by atoms with Crippen LogP contribution < -0.4 is 10.6 Å². The van der Waals surface area contributed by atoms with Gasteiger partial charge in [0.2, 0.25) is 0 Å². The Kier molecular flexibility index (Phi) is 3.43. The number of aromatic nitrogens is 4. The van der Waals surface area contributed by atoms with Gasteiger partial charge in [-0.2, -0.15) is 0 Å². The molecule has 6 nitrogen and oxygen atoms in total. The summed E-state index contributed by atoms with van der Waals surface area (Å²) in [6.07, 6.45) is 4.18. The second-order valence-corrected chi connectivity index (χ2v) is 7.08. The van der Waals surface area contributed by atoms with Crippen molar-refractivity contribution >= 4 is 11.5 Å². The third-order valence-corrected chi connectivity index (χ3v) is 5.43. The van der Waals surface area contributed by atoms with Gasteiger partial charge in [0.15, 0.2) is 5.65 Å². The van der Waals surface area contributed by atoms with Gasteiger partial charge in [-0.25, -0.2) is 23.7 Å². The van der Waals surface area contributed by atoms with Crippen molar-refractivity contribution in [3.05, 3.63) is 42.5 Å². The van der Waals surface area contributed by atoms with Crippen LogP contribution in [0.3, 0.4) is 0 Å². The predicted molar refractivity (Wildman–Crippen MR) is 93.1 cm³/mol. The fraction of sp³-hybridized carbons (Fsp3) is 0.389. The highest BCUT2D eigenvalue weighted by Crippen LogP contribution is 2.51. The number of pyridine rings is 1. The normalized spacial score (nSPS) is 21.0. The molecule has 26 heavy (non-hydrogen) atoms. The molecular weight excluding hydrogens is 338 g/mol. The van der Waals surface area contributed by atoms with Gasteiger partial charge in [-0.1, -0.05) is 6.07 Å². The number of imidazole rings is 1. The number of hydrogen-bond donors (Lipinski definition) is 2. The van der Waals surface area contributed by atoms with Crippen molar-refractivity contribution in [1.82, 2.24) is 24.7 Å². The molecule has 8 heteroatoms. The quantitative estimate of drug-likeness (QED) is 0.752. The molecule has 5 rings (SSSR count). The standard InChI is InChI=1S/C18H18F2N6/c19-17(20)12-9-26-13(6-23-16(26)8-22-12)11-2-1-3-15(24-11)25-14-7-21-10-18(14)4-5-18/h1-3,6,8-9,14,17,21H,4-5,7,10H2,(H,24,25). The highest BCUT2D eigenvalue weighted by Gasteiger charge is 2.52. The van der Waals surface area contributed by atoms with Crippen LogP contribution in [0.4, 0.5) is 14.6 Å². The molecule has 1 aliphatic carbocycles. The van der Waals surface area contributed by atoms with Gasteiger partial charge in [0, 0.05) is 30.7 Å². The van der Waals surface area contributed by atoms with Gasteiger partial charge in [-0.3, -0.25) is 4.40 Å². The first-order valence-electron chi connectivity index (χ1n) is 8.70. The van der Waals surface area contributed by atoms with E-state index in [9.17, 15) is 8.78 Å². The smallest absolute Gasteiger partial charge is 0.281 e. The first-order chi connectivity index (χ1) is 12.6. The lowest BCUT2D eigenvalue weighted by molar-refractivity contribution is 0.145. The molecule has 134 valence electrons. The monoisotopic (exact) mass is 356 g/mol. The number of hydrogen-bond acceptors (Lipinski definition) is 5. The summed E-state index contributed by atoms with van der Waals surface area (Å²) in [5, 5.41) is 6.98. The molecule has 3 aromatic heterocycles. The summed E-state index contributed by atoms with van der Waals surface area (Å²) in [6, 6.07) is 6.09. The lowest BCUT2D eigenvalue weighted by atomic mass is 10.0. The minimum absolute atomic E-state index is 0.279. The first-order valence-corrected chi connectivity index (χ1v) is 8.70. The SMILES string of the molecule is FC(F)c1cn2c(-c3cccc(NC4CNCC45CC5)n3)cnc2cn1. The summed E-state index contributed by atoms with van der Waals surface area (Å²) < 4.78 is 27.6. The molecule has 1 atom stereocenters. The largest absolute Gasteiger partial charge is 0.365 e. The van der Waals surface area contributed by atoms with E-state index in [2.05, 4.69) is 25.6 Å². The summed E-state index contributed by atoms with van der Waals surface area (Å²) in [6.45, 7) is 1.99. The Hall–Kier alpha value is -2.61. The van der Waals surface area contributed by atoms with Gasteiger partial charge in [0.25, 0.3) is 6.43 Å². The fourth-order valence-electron chi connectivity index (χ4n) is 3.74. The molecule has 2 fully saturated rings. The maximum Gasteiger partial charge on any atom is 0.281 e. The topological polar surface area (TPSA) is 67.1 Å². The molecule has 0 radical (unpaired) electrons. The molecule has 1 unspecified atom stereocenters. The van der Waals surface area contributed by atoms with E-state index in [1.165, 1.54) is 25.2 Å². The summed E-state index contributed by atoms with van der Waals surface area (Å²) in [5.74, 6) is 0.792. The molecular formula is C18H18F2N6. The summed E-state index contributed by atoms with van der Waals surface area (Å²) in [7, 11) is 0. The van der Waals surface area contributed by atoms with Crippen LogP contribution in [0.15, 0.2) is 36.8 Å². The fourth-order valence-corrected chi connectivity index (χ4v) is 3.74. The van der Waals surface area contributed by atoms with Crippen molar-refractivity contribution in [2.75, 3.05) is 18.4 Å². The van der Waals surface area contributed by atoms with E-state index in [0.29, 0.717) is 28.5 Å². The van der Waals surface area contributed by atoms with Gasteiger partial charge < -0.3 is 10.6 Å². The second kappa shape index (κ2) is 5.70. The minimum atomic E-state index is -2.62. The van der Waals surface area contributed by atoms with Gasteiger partial charge in [0.05, 0.1) is 23.8 Å². The zero-order valence-corrected chi connectivity index (χ0v) is 14.0. The second-order valence-electron chi connectivity index (χ2n) is 7.08. The van der Waals surface area contributed by atoms with Crippen LogP contribution in [0.1, 0.15) is 25.0 Å². The Labute approximate surface area is 148 Å². The molecule has 4 heterocycles. The number of nitrogens with zero attached hydrogens (tertiary/aromatic N) is 4. The Balaban J connectivity index is 1.49. The Morgan fingerprint density at radius 1 is 1.23 bits per heavy atom. The van der Waals surface area contributed by atoms with Crippen LogP contribution in [0.2, 0.25) is 0 Å². The Morgan fingerprint density at radius 2 is 2.12 bits per heavy atom. The molecule has 1 saturated carbocycles. The van der Waals surface area contributed by atoms with Crippen molar-refractivity contribution in [2.24, 2.45) is 5.41 Å². The maximum absolute atomic E-state index is 13.0. The van der Waals surface area contributed by atoms with E-state index in [1.54, 1.807) is 10.6 Å². The molecule has 0 aromatic carbocycles. The van der Waals surface area contributed by atoms with Crippen molar-refractivity contribution in [1.29, 1.82) is 0 Å². The van der Waals surface area contributed by atoms with Gasteiger partial charge in [-0.15, -0.1) is 0 Å². The van der Waals surface area contributed by atoms with Crippen LogP contribution in [0, 0.1) is 5.41 Å². The highest BCUT2D eigenvalue weighted by molar-refractivity contribution is 5.61. The first kappa shape index (κ1) is 15.6. The summed E-state index contributed by atoms with van der Waals surface area (Å²) in [4.78, 5) is 12.7. The number of alkyl halides is 2. The number of nitrogens with one attached hydrogen (secondary N) is 2. The zero-order chi connectivity index (χ0) is 17.7. The average Bonchev–Trinajstić information content (AvgIpc) is 3.14. The van der Waals surface area contributed by atoms with E-state index in [-0.39, 0.29) is 5.69 Å². The number of anilines is 1. The zero-order valence-electron chi connectivity index (χ0n) is 14.0. The lowest BCUT2D eigenvalue weighted by Gasteiger charge is -2.19. The van der Waals surface area contributed by atoms with Gasteiger partial charge in [-0.05, 0) is 25.0 Å². The molecule has 2 aliphatic rings. The molecule has 1 aliphatic heterocycles. The summed E-state index contributed by atoms with van der Waals surface area (Å²) >= 11 is 0. The minimum Gasteiger partial charge on any atom is -0.365 e. The van der Waals surface area contributed by atoms with Crippen LogP contribution in [-0.2, 0) is 0 Å². The van der Waals surface area contributed by atoms with Crippen LogP contribution in [-0.4, -0.2) is 38.5 Å². The van der Waals surface area contributed by atoms with E-state index < -0.39 is 6.43 Å². The highest BCUT2D eigenvalue weighted by atomic mass is 19.3. The van der Waals surface area contributed by atoms with Crippen LogP contribution in [0.5, 0.6) is 0 Å². The number of rotatable bonds is 4. The number of halogens is 2. The van der Waals surface area contributed by atoms with Gasteiger partial charge >= 0.3 is 0 Å². The van der Waals surface area contributed by atoms with E-state index in [4.69, 9.17) is 0 Å². The molecule has 1 spiro atoms. The number of fused-ring (bicyclic) bond motifs is 1. The van der Waals surface area contributed by atoms with Gasteiger partial charge in [0.1, 0.15) is 11.5 Å². The molecule has 0 bridgehead atoms. The Morgan fingerprint density at radius 3 is 2.92 bits per heavy atom. The van der Waals surface area contributed by atoms with Crippen LogP contribution in [0.25, 0.3) is 17.0 Å². The van der Waals surface area contributed by atoms with E-state index in [1.807, 2.05) is 18.2 Å². The van der Waals surface area contributed by atoms with E-state index in [0.717, 1.165) is 18.9 Å². The predicted octanol–water partition coefficient (Wildman–Crippen LogP) is 2.89. The summed E-state index contributed by atoms with van der Waals surface area (Å²) in [5.41, 5.74) is 1.96. The van der Waals surface area contributed by atoms with Crippen molar-refractivity contribution in [3.63, 3.8) is 0 Å². The van der Waals surface area contributed by atoms with Crippen molar-refractivity contribution in [2.45, 2.75) is 25.3 Å². The Bertz CT molecular complexity index is 965. The molecule has 1 saturated heterocycles. The van der Waals surface area contributed by atoms with E-state index >= 15 is 0 Å². The molecule has 2 N–H and O–H groups in total. The third kappa shape index (κ3) is 2.52. The molecule has 3 aromatic rings. The maximum atomic E-state index is 13.0. The van der Waals surface area contributed by atoms with Crippen molar-refractivity contribution < 1.29 is 8.78 Å². The average molecular weight is 356 g/mol. The lowest BCUT2D eigenvalue weighted by Crippen LogP contribution is -2.29. The third-order valence-electron chi connectivity index (χ3n) is 5.43. The van der Waals surface area contributed by atoms with Crippen LogP contribution >= 0.6 is 0 Å².